The first-order valence-electron chi connectivity index (χ1n) is 20.8. The predicted octanol–water partition coefficient (Wildman–Crippen LogP) is 15.9. The van der Waals surface area contributed by atoms with Crippen molar-refractivity contribution in [2.45, 2.75) is 0 Å². The normalized spacial score (nSPS) is 11.9. The van der Waals surface area contributed by atoms with Crippen molar-refractivity contribution in [3.05, 3.63) is 200 Å². The van der Waals surface area contributed by atoms with Crippen LogP contribution in [0.1, 0.15) is 0 Å². The summed E-state index contributed by atoms with van der Waals surface area (Å²) in [5.41, 5.74) is 9.05. The minimum absolute atomic E-state index is 0.621. The summed E-state index contributed by atoms with van der Waals surface area (Å²) in [6.45, 7) is 0. The Kier molecular flexibility index (Phi) is 7.74. The van der Waals surface area contributed by atoms with Crippen LogP contribution in [0.15, 0.2) is 205 Å². The molecule has 0 amide bonds. The van der Waals surface area contributed by atoms with Crippen molar-refractivity contribution >= 4 is 85.8 Å². The number of thiophene rings is 1. The molecule has 10 aromatic carbocycles. The highest BCUT2D eigenvalue weighted by molar-refractivity contribution is 7.26. The van der Waals surface area contributed by atoms with E-state index in [1.807, 2.05) is 0 Å². The third-order valence-corrected chi connectivity index (χ3v) is 13.5. The minimum atomic E-state index is 0.621. The molecule has 0 radical (unpaired) electrons. The molecular formula is C57H33N3OS. The fraction of sp³-hybridized carbons (Fsp3) is 0. The summed E-state index contributed by atoms with van der Waals surface area (Å²) in [6, 6.07) is 71.1. The molecule has 4 nitrogen and oxygen atoms in total. The summed E-state index contributed by atoms with van der Waals surface area (Å²) < 4.78 is 8.94. The van der Waals surface area contributed by atoms with Crippen LogP contribution in [-0.2, 0) is 0 Å². The monoisotopic (exact) mass is 807 g/mol. The number of aromatic nitrogens is 3. The van der Waals surface area contributed by atoms with Gasteiger partial charge < -0.3 is 4.42 Å². The molecule has 3 heterocycles. The van der Waals surface area contributed by atoms with Gasteiger partial charge in [0.2, 0.25) is 0 Å². The molecule has 0 fully saturated rings. The first kappa shape index (κ1) is 34.8. The molecule has 0 bridgehead atoms. The van der Waals surface area contributed by atoms with Crippen molar-refractivity contribution in [3.63, 3.8) is 0 Å². The highest BCUT2D eigenvalue weighted by Crippen LogP contribution is 2.42. The van der Waals surface area contributed by atoms with Gasteiger partial charge in [-0.2, -0.15) is 0 Å². The van der Waals surface area contributed by atoms with E-state index in [9.17, 15) is 0 Å². The van der Waals surface area contributed by atoms with Crippen LogP contribution >= 0.6 is 11.3 Å². The summed E-state index contributed by atoms with van der Waals surface area (Å²) in [6.07, 6.45) is 0. The minimum Gasteiger partial charge on any atom is -0.456 e. The number of hydrogen-bond acceptors (Lipinski definition) is 5. The predicted molar refractivity (Wildman–Crippen MR) is 260 cm³/mol. The Bertz CT molecular complexity index is 3930. The van der Waals surface area contributed by atoms with Gasteiger partial charge in [0.1, 0.15) is 11.2 Å². The molecule has 0 aliphatic carbocycles. The summed E-state index contributed by atoms with van der Waals surface area (Å²) in [5, 5.41) is 11.6. The fourth-order valence-corrected chi connectivity index (χ4v) is 10.5. The maximum atomic E-state index is 6.54. The van der Waals surface area contributed by atoms with E-state index in [1.54, 1.807) is 11.3 Å². The lowest BCUT2D eigenvalue weighted by Gasteiger charge is -2.13. The Morgan fingerprint density at radius 3 is 1.73 bits per heavy atom. The number of furan rings is 1. The lowest BCUT2D eigenvalue weighted by molar-refractivity contribution is 0.669. The Balaban J connectivity index is 1.00. The van der Waals surface area contributed by atoms with Gasteiger partial charge >= 0.3 is 0 Å². The standard InChI is InChI=1S/C57H33N3OS/c1-2-13-38-32-52-49(30-37(38)12-1)45-28-27-39(33-51(45)61-52)41-29-40-14-4-6-17-44(40)50(31-41)57-59-55(36-25-23-35(24-26-36)43-19-9-15-34-11-3-5-16-42(34)43)58-56(60-57)48-21-10-20-47-46-18-7-8-22-53(46)62-54(47)48/h1-33H. The summed E-state index contributed by atoms with van der Waals surface area (Å²) in [7, 11) is 0. The van der Waals surface area contributed by atoms with Gasteiger partial charge in [-0.1, -0.05) is 152 Å². The van der Waals surface area contributed by atoms with Gasteiger partial charge in [-0.05, 0) is 103 Å². The van der Waals surface area contributed by atoms with Gasteiger partial charge in [0.25, 0.3) is 0 Å². The van der Waals surface area contributed by atoms with Crippen LogP contribution in [-0.4, -0.2) is 15.0 Å². The van der Waals surface area contributed by atoms with E-state index in [4.69, 9.17) is 19.4 Å². The van der Waals surface area contributed by atoms with Crippen molar-refractivity contribution in [1.82, 2.24) is 15.0 Å². The quantitative estimate of drug-likeness (QED) is 0.174. The Labute approximate surface area is 360 Å². The molecule has 13 aromatic rings. The van der Waals surface area contributed by atoms with Crippen molar-refractivity contribution in [2.24, 2.45) is 0 Å². The van der Waals surface area contributed by atoms with Gasteiger partial charge in [-0.25, -0.2) is 15.0 Å². The maximum absolute atomic E-state index is 6.54. The average Bonchev–Trinajstić information content (AvgIpc) is 3.90. The Morgan fingerprint density at radius 1 is 0.306 bits per heavy atom. The topological polar surface area (TPSA) is 51.8 Å². The largest absolute Gasteiger partial charge is 0.456 e. The van der Waals surface area contributed by atoms with E-state index in [-0.39, 0.29) is 0 Å². The van der Waals surface area contributed by atoms with Crippen LogP contribution in [0.3, 0.4) is 0 Å². The van der Waals surface area contributed by atoms with E-state index in [0.717, 1.165) is 70.8 Å². The third-order valence-electron chi connectivity index (χ3n) is 12.3. The summed E-state index contributed by atoms with van der Waals surface area (Å²) >= 11 is 1.78. The van der Waals surface area contributed by atoms with Crippen LogP contribution in [0.25, 0.3) is 131 Å². The number of hydrogen-bond donors (Lipinski definition) is 0. The zero-order valence-electron chi connectivity index (χ0n) is 33.2. The van der Waals surface area contributed by atoms with Gasteiger partial charge in [0.05, 0.1) is 0 Å². The number of rotatable bonds is 5. The van der Waals surface area contributed by atoms with Crippen LogP contribution < -0.4 is 0 Å². The summed E-state index contributed by atoms with van der Waals surface area (Å²) in [5.74, 6) is 1.89. The van der Waals surface area contributed by atoms with Crippen molar-refractivity contribution in [1.29, 1.82) is 0 Å². The van der Waals surface area contributed by atoms with Gasteiger partial charge in [-0.15, -0.1) is 11.3 Å². The second-order valence-electron chi connectivity index (χ2n) is 15.9. The lowest BCUT2D eigenvalue weighted by Crippen LogP contribution is -2.01. The average molecular weight is 808 g/mol. The SMILES string of the molecule is c1ccc2cc3c(cc2c1)oc1cc(-c2cc(-c4nc(-c5ccc(-c6cccc7ccccc67)cc5)nc(-c5cccc6c5sc5ccccc56)n4)c4ccccc4c2)ccc13. The molecule has 13 rings (SSSR count). The maximum Gasteiger partial charge on any atom is 0.165 e. The van der Waals surface area contributed by atoms with E-state index in [0.29, 0.717) is 17.5 Å². The molecule has 0 spiro atoms. The lowest BCUT2D eigenvalue weighted by atomic mass is 9.95. The molecule has 0 saturated carbocycles. The van der Waals surface area contributed by atoms with Crippen LogP contribution in [0.5, 0.6) is 0 Å². The second-order valence-corrected chi connectivity index (χ2v) is 17.0. The molecule has 3 aromatic heterocycles. The van der Waals surface area contributed by atoms with Crippen molar-refractivity contribution < 1.29 is 4.42 Å². The van der Waals surface area contributed by atoms with Crippen molar-refractivity contribution in [2.75, 3.05) is 0 Å². The van der Waals surface area contributed by atoms with Crippen LogP contribution in [0.4, 0.5) is 0 Å². The smallest absolute Gasteiger partial charge is 0.165 e. The van der Waals surface area contributed by atoms with Crippen LogP contribution in [0, 0.1) is 0 Å². The van der Waals surface area contributed by atoms with Crippen molar-refractivity contribution in [3.8, 4) is 56.4 Å². The van der Waals surface area contributed by atoms with Gasteiger partial charge in [-0.3, -0.25) is 0 Å². The molecule has 0 N–H and O–H groups in total. The highest BCUT2D eigenvalue weighted by Gasteiger charge is 2.19. The molecule has 62 heavy (non-hydrogen) atoms. The fourth-order valence-electron chi connectivity index (χ4n) is 9.25. The Morgan fingerprint density at radius 2 is 0.887 bits per heavy atom. The van der Waals surface area contributed by atoms with E-state index in [1.165, 1.54) is 42.6 Å². The zero-order chi connectivity index (χ0) is 40.7. The van der Waals surface area contributed by atoms with Gasteiger partial charge in [0.15, 0.2) is 17.5 Å². The highest BCUT2D eigenvalue weighted by atomic mass is 32.1. The van der Waals surface area contributed by atoms with E-state index >= 15 is 0 Å². The molecule has 0 unspecified atom stereocenters. The Hall–Kier alpha value is -7.99. The molecule has 0 aliphatic heterocycles. The first-order chi connectivity index (χ1) is 30.7. The second kappa shape index (κ2) is 13.8. The molecule has 0 saturated heterocycles. The molecule has 0 atom stereocenters. The van der Waals surface area contributed by atoms with E-state index < -0.39 is 0 Å². The number of nitrogens with zero attached hydrogens (tertiary/aromatic N) is 3. The summed E-state index contributed by atoms with van der Waals surface area (Å²) in [4.78, 5) is 16.0. The number of fused-ring (bicyclic) bond motifs is 9. The van der Waals surface area contributed by atoms with Gasteiger partial charge in [0, 0.05) is 47.6 Å². The number of benzene rings is 10. The molecule has 0 aliphatic rings. The molecule has 5 heteroatoms. The first-order valence-corrected chi connectivity index (χ1v) is 21.6. The van der Waals surface area contributed by atoms with E-state index in [2.05, 4.69) is 200 Å². The molecular weight excluding hydrogens is 775 g/mol. The molecule has 288 valence electrons. The van der Waals surface area contributed by atoms with Crippen LogP contribution in [0.2, 0.25) is 0 Å². The zero-order valence-corrected chi connectivity index (χ0v) is 34.0. The third kappa shape index (κ3) is 5.63.